The van der Waals surface area contributed by atoms with E-state index in [1.54, 1.807) is 12.2 Å². The Morgan fingerprint density at radius 3 is 2.62 bits per heavy atom. The van der Waals surface area contributed by atoms with Gasteiger partial charge in [0.15, 0.2) is 5.11 Å². The first-order valence-electron chi connectivity index (χ1n) is 8.82. The fourth-order valence-corrected chi connectivity index (χ4v) is 2.95. The summed E-state index contributed by atoms with van der Waals surface area (Å²) in [6.07, 6.45) is 9.31. The number of amides is 2. The second kappa shape index (κ2) is 9.82. The smallest absolute Gasteiger partial charge is 0.265 e. The van der Waals surface area contributed by atoms with Crippen molar-refractivity contribution in [2.24, 2.45) is 0 Å². The van der Waals surface area contributed by atoms with Crippen LogP contribution >= 0.6 is 12.2 Å². The van der Waals surface area contributed by atoms with Crippen LogP contribution < -0.4 is 5.32 Å². The van der Waals surface area contributed by atoms with E-state index < -0.39 is 5.91 Å². The van der Waals surface area contributed by atoms with Gasteiger partial charge in [0.05, 0.1) is 0 Å². The minimum atomic E-state index is -0.449. The predicted molar refractivity (Wildman–Crippen MR) is 109 cm³/mol. The summed E-state index contributed by atoms with van der Waals surface area (Å²) in [7, 11) is 0. The molecular weight excluding hydrogens is 344 g/mol. The summed E-state index contributed by atoms with van der Waals surface area (Å²) < 4.78 is 0. The molecule has 1 aliphatic heterocycles. The van der Waals surface area contributed by atoms with Crippen LogP contribution in [-0.4, -0.2) is 28.4 Å². The first-order valence-corrected chi connectivity index (χ1v) is 9.23. The van der Waals surface area contributed by atoms with E-state index in [0.29, 0.717) is 0 Å². The molecule has 1 aliphatic rings. The molecule has 1 aromatic carbocycles. The topological polar surface area (TPSA) is 49.4 Å². The highest BCUT2D eigenvalue weighted by molar-refractivity contribution is 7.80. The number of hydrogen-bond acceptors (Lipinski definition) is 3. The van der Waals surface area contributed by atoms with E-state index in [1.165, 1.54) is 4.90 Å². The maximum absolute atomic E-state index is 12.7. The van der Waals surface area contributed by atoms with Gasteiger partial charge in [-0.25, -0.2) is 0 Å². The molecule has 0 radical (unpaired) electrons. The zero-order valence-corrected chi connectivity index (χ0v) is 15.8. The largest absolute Gasteiger partial charge is 0.298 e. The zero-order valence-electron chi connectivity index (χ0n) is 15.0. The van der Waals surface area contributed by atoms with Crippen LogP contribution in [0.25, 0.3) is 6.08 Å². The molecule has 136 valence electrons. The molecule has 1 saturated heterocycles. The van der Waals surface area contributed by atoms with Crippen molar-refractivity contribution in [2.45, 2.75) is 32.6 Å². The Bertz CT molecular complexity index is 751. The summed E-state index contributed by atoms with van der Waals surface area (Å²) in [5, 5.41) is 2.71. The summed E-state index contributed by atoms with van der Waals surface area (Å²) in [5.41, 5.74) is 2.10. The number of carbonyl (C=O) groups is 2. The van der Waals surface area contributed by atoms with Gasteiger partial charge in [0.1, 0.15) is 5.57 Å². The van der Waals surface area contributed by atoms with Crippen molar-refractivity contribution in [1.82, 2.24) is 10.2 Å². The fraction of sp³-hybridized carbons (Fsp3) is 0.286. The van der Waals surface area contributed by atoms with E-state index in [0.717, 1.165) is 36.8 Å². The van der Waals surface area contributed by atoms with Crippen LogP contribution in [0.5, 0.6) is 0 Å². The summed E-state index contributed by atoms with van der Waals surface area (Å²) in [4.78, 5) is 26.4. The third kappa shape index (κ3) is 5.23. The van der Waals surface area contributed by atoms with Gasteiger partial charge in [-0.05, 0) is 42.3 Å². The summed E-state index contributed by atoms with van der Waals surface area (Å²) in [5.74, 6) is -0.831. The van der Waals surface area contributed by atoms with Crippen LogP contribution in [0.3, 0.4) is 0 Å². The van der Waals surface area contributed by atoms with Crippen molar-refractivity contribution in [1.29, 1.82) is 0 Å². The molecule has 0 spiro atoms. The van der Waals surface area contributed by atoms with Gasteiger partial charge in [0.25, 0.3) is 11.8 Å². The molecule has 4 nitrogen and oxygen atoms in total. The van der Waals surface area contributed by atoms with E-state index >= 15 is 0 Å². The second-order valence-electron chi connectivity index (χ2n) is 6.11. The van der Waals surface area contributed by atoms with Gasteiger partial charge in [-0.3, -0.25) is 19.8 Å². The lowest BCUT2D eigenvalue weighted by atomic mass is 10.00. The average Bonchev–Trinajstić information content (AvgIpc) is 2.63. The Morgan fingerprint density at radius 1 is 1.23 bits per heavy atom. The molecule has 0 aliphatic carbocycles. The van der Waals surface area contributed by atoms with Gasteiger partial charge >= 0.3 is 0 Å². The van der Waals surface area contributed by atoms with Crippen LogP contribution in [-0.2, 0) is 9.59 Å². The molecule has 26 heavy (non-hydrogen) atoms. The van der Waals surface area contributed by atoms with Gasteiger partial charge in [-0.2, -0.15) is 0 Å². The molecule has 0 atom stereocenters. The van der Waals surface area contributed by atoms with Gasteiger partial charge in [-0.1, -0.05) is 62.2 Å². The number of nitrogens with one attached hydrogen (secondary N) is 1. The summed E-state index contributed by atoms with van der Waals surface area (Å²) in [6, 6.07) is 9.88. The van der Waals surface area contributed by atoms with Gasteiger partial charge in [0, 0.05) is 6.54 Å². The van der Waals surface area contributed by atoms with Crippen LogP contribution in [0.15, 0.2) is 60.2 Å². The van der Waals surface area contributed by atoms with Gasteiger partial charge < -0.3 is 0 Å². The van der Waals surface area contributed by atoms with Crippen molar-refractivity contribution in [3.8, 4) is 0 Å². The predicted octanol–water partition coefficient (Wildman–Crippen LogP) is 4.01. The lowest BCUT2D eigenvalue weighted by Gasteiger charge is -2.28. The molecule has 0 unspecified atom stereocenters. The van der Waals surface area contributed by atoms with E-state index in [1.807, 2.05) is 36.4 Å². The molecule has 0 aromatic heterocycles. The third-order valence-electron chi connectivity index (χ3n) is 4.05. The van der Waals surface area contributed by atoms with Gasteiger partial charge in [-0.15, -0.1) is 6.58 Å². The quantitative estimate of drug-likeness (QED) is 0.248. The molecule has 0 saturated carbocycles. The van der Waals surface area contributed by atoms with E-state index in [-0.39, 0.29) is 23.1 Å². The number of benzene rings is 1. The third-order valence-corrected chi connectivity index (χ3v) is 4.37. The average molecular weight is 369 g/mol. The van der Waals surface area contributed by atoms with Crippen molar-refractivity contribution in [2.75, 3.05) is 6.54 Å². The molecule has 5 heteroatoms. The van der Waals surface area contributed by atoms with E-state index in [4.69, 9.17) is 12.2 Å². The zero-order chi connectivity index (χ0) is 18.9. The normalized spacial score (nSPS) is 16.8. The Hall–Kier alpha value is -2.53. The van der Waals surface area contributed by atoms with Crippen molar-refractivity contribution >= 4 is 35.2 Å². The number of thiocarbonyl (C=S) groups is 1. The maximum Gasteiger partial charge on any atom is 0.265 e. The highest BCUT2D eigenvalue weighted by atomic mass is 32.1. The van der Waals surface area contributed by atoms with E-state index in [2.05, 4.69) is 18.8 Å². The summed E-state index contributed by atoms with van der Waals surface area (Å²) in [6.45, 7) is 6.05. The molecule has 1 N–H and O–H groups in total. The van der Waals surface area contributed by atoms with E-state index in [9.17, 15) is 9.59 Å². The van der Waals surface area contributed by atoms with Gasteiger partial charge in [0.2, 0.25) is 0 Å². The SMILES string of the molecule is C=CCN1C(=O)/C(=C/C(=C/c2ccccc2)CCCCC)C(=O)NC1=S. The first kappa shape index (κ1) is 19.8. The highest BCUT2D eigenvalue weighted by Gasteiger charge is 2.32. The number of rotatable bonds is 8. The second-order valence-corrected chi connectivity index (χ2v) is 6.50. The standard InChI is InChI=1S/C21H24N2O2S/c1-3-5-7-12-17(14-16-10-8-6-9-11-16)15-18-19(24)22-21(26)23(13-4-2)20(18)25/h4,6,8-11,14-15H,2-3,5,7,12-13H2,1H3,(H,22,24,26)/b17-14+,18-15+. The first-order chi connectivity index (χ1) is 12.6. The monoisotopic (exact) mass is 368 g/mol. The Labute approximate surface area is 160 Å². The molecule has 1 fully saturated rings. The van der Waals surface area contributed by atoms with Crippen LogP contribution in [0, 0.1) is 0 Å². The van der Waals surface area contributed by atoms with Crippen LogP contribution in [0.1, 0.15) is 38.2 Å². The number of carbonyl (C=O) groups excluding carboxylic acids is 2. The molecule has 1 aromatic rings. The Kier molecular flexibility index (Phi) is 7.48. The van der Waals surface area contributed by atoms with Crippen LogP contribution in [0.2, 0.25) is 0 Å². The maximum atomic E-state index is 12.7. The number of nitrogens with zero attached hydrogens (tertiary/aromatic N) is 1. The minimum absolute atomic E-state index is 0.110. The number of allylic oxidation sites excluding steroid dienone is 2. The van der Waals surface area contributed by atoms with Crippen molar-refractivity contribution in [3.05, 3.63) is 65.8 Å². The van der Waals surface area contributed by atoms with Crippen molar-refractivity contribution in [3.63, 3.8) is 0 Å². The molecule has 1 heterocycles. The molecule has 2 amide bonds. The fourth-order valence-electron chi connectivity index (χ4n) is 2.70. The van der Waals surface area contributed by atoms with Crippen molar-refractivity contribution < 1.29 is 9.59 Å². The minimum Gasteiger partial charge on any atom is -0.298 e. The number of unbranched alkanes of at least 4 members (excludes halogenated alkanes) is 2. The Morgan fingerprint density at radius 2 is 1.96 bits per heavy atom. The lowest BCUT2D eigenvalue weighted by Crippen LogP contribution is -2.54. The van der Waals surface area contributed by atoms with Crippen LogP contribution in [0.4, 0.5) is 0 Å². The molecular formula is C21H24N2O2S. The summed E-state index contributed by atoms with van der Waals surface area (Å²) >= 11 is 5.09. The Balaban J connectivity index is 2.35. The highest BCUT2D eigenvalue weighted by Crippen LogP contribution is 2.19. The number of hydrogen-bond donors (Lipinski definition) is 1. The lowest BCUT2D eigenvalue weighted by molar-refractivity contribution is -0.128. The molecule has 0 bridgehead atoms. The molecule has 2 rings (SSSR count).